The molecule has 10 atom stereocenters. The zero-order valence-corrected chi connectivity index (χ0v) is 51.6. The highest BCUT2D eigenvalue weighted by molar-refractivity contribution is 7.48. The fourth-order valence-corrected chi connectivity index (χ4v) is 13.9. The molecule has 9 rings (SSSR count). The third-order valence-corrected chi connectivity index (χ3v) is 23.6. The Balaban J connectivity index is 0.971. The number of hydrogen-bond donors (Lipinski definition) is 3. The molecule has 5 aromatic rings. The number of nitriles is 1. The Labute approximate surface area is 484 Å². The number of halogens is 1. The SMILES string of the molecule is CC(C)(C)[Si](C)(C)O[C@H]1[C@H]2OP(=O)(OCCC#N)OC[C@H]3O[C@@H](n4cc5c6c(ncnc64)N(C(=O)c4ccccc4)CCC5)[C@H](F)[C@@H]3OP(=O)(O)OC[C@H]1O[C@H]2n1cnc2c(=O)n(CCOCNC(=O)CNC(=O)OCC[Si](C)(C)C)cnc21. The van der Waals surface area contributed by atoms with Crippen LogP contribution in [0.15, 0.2) is 60.3 Å². The fourth-order valence-electron chi connectivity index (χ4n) is 9.56. The zero-order chi connectivity index (χ0) is 60.4. The molecule has 3 saturated heterocycles. The first kappa shape index (κ1) is 62.8. The van der Waals surface area contributed by atoms with Crippen molar-refractivity contribution in [1.82, 2.24) is 44.3 Å². The molecule has 84 heavy (non-hydrogen) atoms. The second-order valence-electron chi connectivity index (χ2n) is 23.2. The van der Waals surface area contributed by atoms with Gasteiger partial charge in [0.15, 0.2) is 38.1 Å². The zero-order valence-electron chi connectivity index (χ0n) is 47.8. The van der Waals surface area contributed by atoms with Gasteiger partial charge in [-0.05, 0) is 54.7 Å². The lowest BCUT2D eigenvalue weighted by atomic mass is 10.1. The van der Waals surface area contributed by atoms with Crippen molar-refractivity contribution in [2.45, 2.75) is 140 Å². The summed E-state index contributed by atoms with van der Waals surface area (Å²) in [5.41, 5.74) is 0.488. The quantitative estimate of drug-likeness (QED) is 0.0377. The van der Waals surface area contributed by atoms with Crippen LogP contribution in [-0.2, 0) is 72.9 Å². The highest BCUT2D eigenvalue weighted by atomic mass is 31.2. The number of carbonyl (C=O) groups excluding carboxylic acids is 3. The number of hydrogen-bond acceptors (Lipinski definition) is 21. The van der Waals surface area contributed by atoms with Gasteiger partial charge < -0.3 is 43.5 Å². The van der Waals surface area contributed by atoms with Gasteiger partial charge in [-0.3, -0.25) is 51.0 Å². The predicted molar refractivity (Wildman–Crippen MR) is 302 cm³/mol. The Kier molecular flexibility index (Phi) is 19.2. The van der Waals surface area contributed by atoms with Crippen LogP contribution in [0, 0.1) is 11.3 Å². The first-order valence-electron chi connectivity index (χ1n) is 27.4. The second kappa shape index (κ2) is 25.7. The van der Waals surface area contributed by atoms with Gasteiger partial charge in [0, 0.05) is 26.4 Å². The number of aryl methyl sites for hydroxylation is 1. The standard InChI is InChI=1S/C51H70FN11O17P2Si2/c1-51(2,3)84(7,8)80-41-35-26-74-81(68,69)78-40-34(76-48(38(40)52)62-25-33-16-12-18-61(43-37(33)44(62)56-28-55-43)46(65)32-14-10-9-11-15-32)27-75-82(70,73-20-13-17-53)79-42(41)49(77-35)63-30-57-39-45(63)58-29-60(47(39)66)19-21-71-31-59-36(64)24-54-50(67)72-22-23-83(4,5)6/h9-11,14-15,25,28-30,34-35,38,40-42,48-49H,12-13,16,18-24,26-27,31H2,1-8H3,(H,54,67)(H,59,64)(H,68,69)/t34-,35-,38-,40-,41-,42-,48-,49-,82?/m1/s1. The maximum atomic E-state index is 17.4. The van der Waals surface area contributed by atoms with Crippen molar-refractivity contribution in [3.05, 3.63) is 77.0 Å². The van der Waals surface area contributed by atoms with Gasteiger partial charge in [0.25, 0.3) is 11.5 Å². The molecule has 4 aromatic heterocycles. The number of alkyl carbamates (subject to hydrolysis) is 1. The minimum Gasteiger partial charge on any atom is -0.450 e. The molecule has 456 valence electrons. The van der Waals surface area contributed by atoms with E-state index in [1.54, 1.807) is 36.5 Å². The number of fused-ring (bicyclic) bond motifs is 4. The van der Waals surface area contributed by atoms with Crippen molar-refractivity contribution in [1.29, 1.82) is 5.26 Å². The summed E-state index contributed by atoms with van der Waals surface area (Å²) in [6, 6.07) is 11.4. The largest absolute Gasteiger partial charge is 0.475 e. The molecule has 3 N–H and O–H groups in total. The molecule has 0 spiro atoms. The number of nitrogens with zero attached hydrogens (tertiary/aromatic N) is 9. The fraction of sp³-hybridized carbons (Fsp3) is 0.588. The van der Waals surface area contributed by atoms with Gasteiger partial charge in [-0.2, -0.15) is 5.26 Å². The maximum absolute atomic E-state index is 17.4. The Morgan fingerprint density at radius 2 is 1.65 bits per heavy atom. The third-order valence-electron chi connectivity index (χ3n) is 15.0. The van der Waals surface area contributed by atoms with Gasteiger partial charge in [0.1, 0.15) is 67.9 Å². The van der Waals surface area contributed by atoms with E-state index in [0.29, 0.717) is 41.7 Å². The number of benzene rings is 1. The van der Waals surface area contributed by atoms with E-state index in [4.69, 9.17) is 46.0 Å². The normalized spacial score (nSPS) is 26.8. The summed E-state index contributed by atoms with van der Waals surface area (Å²) in [6.45, 7) is 13.9. The maximum Gasteiger partial charge on any atom is 0.475 e. The molecule has 3 fully saturated rings. The molecule has 4 aliphatic heterocycles. The molecule has 0 aliphatic carbocycles. The molecule has 4 aliphatic rings. The number of phosphoric acid groups is 2. The van der Waals surface area contributed by atoms with Crippen LogP contribution in [-0.4, -0.2) is 162 Å². The molecule has 28 nitrogen and oxygen atoms in total. The van der Waals surface area contributed by atoms with Crippen LogP contribution in [0.25, 0.3) is 22.2 Å². The lowest BCUT2D eigenvalue weighted by Crippen LogP contribution is -2.50. The number of alkyl halides is 1. The van der Waals surface area contributed by atoms with E-state index in [1.165, 1.54) is 37.6 Å². The van der Waals surface area contributed by atoms with Crippen molar-refractivity contribution in [2.24, 2.45) is 0 Å². The lowest BCUT2D eigenvalue weighted by molar-refractivity contribution is -0.122. The van der Waals surface area contributed by atoms with Gasteiger partial charge in [-0.25, -0.2) is 38.3 Å². The van der Waals surface area contributed by atoms with Gasteiger partial charge in [-0.1, -0.05) is 58.6 Å². The van der Waals surface area contributed by atoms with Crippen LogP contribution in [0.1, 0.15) is 62.0 Å². The number of aromatic nitrogens is 7. The number of carbonyl (C=O) groups is 3. The van der Waals surface area contributed by atoms with Crippen molar-refractivity contribution < 1.29 is 78.8 Å². The predicted octanol–water partition coefficient (Wildman–Crippen LogP) is 6.26. The topological polar surface area (TPSA) is 332 Å². The van der Waals surface area contributed by atoms with Crippen LogP contribution in [0.4, 0.5) is 15.0 Å². The second-order valence-corrected chi connectivity index (χ2v) is 36.6. The monoisotopic (exact) mass is 1250 g/mol. The van der Waals surface area contributed by atoms with Crippen molar-refractivity contribution in [2.75, 3.05) is 57.8 Å². The van der Waals surface area contributed by atoms with Crippen LogP contribution >= 0.6 is 15.6 Å². The Hall–Kier alpha value is -5.69. The van der Waals surface area contributed by atoms with Crippen LogP contribution in [0.2, 0.25) is 43.8 Å². The third kappa shape index (κ3) is 14.2. The lowest BCUT2D eigenvalue weighted by Gasteiger charge is -2.40. The van der Waals surface area contributed by atoms with Crippen molar-refractivity contribution in [3.63, 3.8) is 0 Å². The first-order valence-corrected chi connectivity index (χ1v) is 37.0. The van der Waals surface area contributed by atoms with E-state index in [0.717, 1.165) is 6.04 Å². The summed E-state index contributed by atoms with van der Waals surface area (Å²) >= 11 is 0. The molecule has 8 heterocycles. The summed E-state index contributed by atoms with van der Waals surface area (Å²) in [7, 11) is -14.7. The molecule has 3 amide bonds. The number of anilines is 1. The van der Waals surface area contributed by atoms with E-state index in [1.807, 2.05) is 39.9 Å². The molecule has 2 unspecified atom stereocenters. The van der Waals surface area contributed by atoms with Crippen LogP contribution in [0.5, 0.6) is 0 Å². The molecule has 33 heteroatoms. The van der Waals surface area contributed by atoms with Gasteiger partial charge in [0.2, 0.25) is 5.91 Å². The summed E-state index contributed by atoms with van der Waals surface area (Å²) in [5, 5.41) is 14.4. The number of phosphoric ester groups is 2. The highest BCUT2D eigenvalue weighted by Crippen LogP contribution is 2.58. The first-order chi connectivity index (χ1) is 39.8. The number of ether oxygens (including phenoxy) is 4. The highest BCUT2D eigenvalue weighted by Gasteiger charge is 2.57. The average Bonchev–Trinajstić information content (AvgIpc) is 2.59. The summed E-state index contributed by atoms with van der Waals surface area (Å²) in [4.78, 5) is 83.1. The Morgan fingerprint density at radius 3 is 2.39 bits per heavy atom. The number of amides is 3. The van der Waals surface area contributed by atoms with Crippen molar-refractivity contribution >= 4 is 78.0 Å². The minimum atomic E-state index is -5.32. The number of imidazole rings is 1. The van der Waals surface area contributed by atoms with E-state index in [9.17, 15) is 33.9 Å². The summed E-state index contributed by atoms with van der Waals surface area (Å²) in [6.07, 6.45) is -7.86. The smallest absolute Gasteiger partial charge is 0.450 e. The van der Waals surface area contributed by atoms with E-state index in [-0.39, 0.29) is 62.2 Å². The Bertz CT molecular complexity index is 3410. The van der Waals surface area contributed by atoms with Gasteiger partial charge in [-0.15, -0.1) is 0 Å². The number of nitrogens with one attached hydrogen (secondary N) is 2. The Morgan fingerprint density at radius 1 is 0.905 bits per heavy atom. The molecule has 0 saturated carbocycles. The van der Waals surface area contributed by atoms with Crippen molar-refractivity contribution in [3.8, 4) is 6.07 Å². The van der Waals surface area contributed by atoms with E-state index in [2.05, 4.69) is 50.2 Å². The van der Waals surface area contributed by atoms with Crippen LogP contribution in [0.3, 0.4) is 0 Å². The van der Waals surface area contributed by atoms with E-state index >= 15 is 8.96 Å². The molecular formula is C51H70FN11O17P2Si2. The van der Waals surface area contributed by atoms with Crippen LogP contribution < -0.4 is 21.1 Å². The van der Waals surface area contributed by atoms with Gasteiger partial charge >= 0.3 is 21.7 Å². The average molecular weight is 1250 g/mol. The van der Waals surface area contributed by atoms with E-state index < -0.39 is 124 Å². The summed E-state index contributed by atoms with van der Waals surface area (Å²) < 4.78 is 111. The molecule has 1 aromatic carbocycles. The molecule has 2 bridgehead atoms. The van der Waals surface area contributed by atoms with Gasteiger partial charge in [0.05, 0.1) is 63.8 Å². The minimum absolute atomic E-state index is 0.0343. The summed E-state index contributed by atoms with van der Waals surface area (Å²) in [5.74, 6) is -0.545. The molecular weight excluding hydrogens is 1180 g/mol. The molecule has 0 radical (unpaired) electrons. The number of rotatable bonds is 18.